The number of hydrogen-bond acceptors (Lipinski definition) is 3. The number of carbonyl (C=O) groups excluding carboxylic acids is 1. The largest absolute Gasteiger partial charge is 0.464 e. The number of methoxy groups -OCH3 is 1. The second-order valence-corrected chi connectivity index (χ2v) is 5.58. The summed E-state index contributed by atoms with van der Waals surface area (Å²) in [6.45, 7) is 4.15. The molecule has 0 radical (unpaired) electrons. The molecular formula is C18H19N3O2. The molecule has 0 aliphatic carbocycles. The molecule has 118 valence electrons. The number of esters is 1. The van der Waals surface area contributed by atoms with Gasteiger partial charge in [-0.15, -0.1) is 0 Å². The maximum absolute atomic E-state index is 12.1. The summed E-state index contributed by atoms with van der Waals surface area (Å²) in [5.74, 6) is -0.390. The predicted molar refractivity (Wildman–Crippen MR) is 89.2 cm³/mol. The zero-order chi connectivity index (χ0) is 16.4. The summed E-state index contributed by atoms with van der Waals surface area (Å²) in [5.41, 5.74) is 3.91. The van der Waals surface area contributed by atoms with E-state index in [1.54, 1.807) is 0 Å². The standard InChI is InChI=1S/C18H19N3O2/c1-12(2)21-10-9-15(20-21)14-11-19-17(18(22)23-3)16(14)13-7-5-4-6-8-13/h4-12,19H,1-3H3. The van der Waals surface area contributed by atoms with E-state index < -0.39 is 5.97 Å². The van der Waals surface area contributed by atoms with Crippen LogP contribution in [0.5, 0.6) is 0 Å². The van der Waals surface area contributed by atoms with Gasteiger partial charge in [-0.25, -0.2) is 4.79 Å². The minimum Gasteiger partial charge on any atom is -0.464 e. The molecule has 5 heteroatoms. The number of rotatable bonds is 4. The van der Waals surface area contributed by atoms with E-state index in [0.717, 1.165) is 22.4 Å². The summed E-state index contributed by atoms with van der Waals surface area (Å²) in [5, 5.41) is 4.61. The number of aromatic amines is 1. The van der Waals surface area contributed by atoms with Gasteiger partial charge in [-0.1, -0.05) is 30.3 Å². The average molecular weight is 309 g/mol. The Hall–Kier alpha value is -2.82. The van der Waals surface area contributed by atoms with E-state index in [2.05, 4.69) is 23.9 Å². The highest BCUT2D eigenvalue weighted by Crippen LogP contribution is 2.34. The molecule has 0 spiro atoms. The van der Waals surface area contributed by atoms with Crippen LogP contribution in [0.15, 0.2) is 48.8 Å². The van der Waals surface area contributed by atoms with Crippen molar-refractivity contribution in [2.75, 3.05) is 7.11 Å². The van der Waals surface area contributed by atoms with Crippen molar-refractivity contribution in [1.82, 2.24) is 14.8 Å². The molecule has 0 aliphatic rings. The smallest absolute Gasteiger partial charge is 0.355 e. The highest BCUT2D eigenvalue weighted by atomic mass is 16.5. The van der Waals surface area contributed by atoms with E-state index >= 15 is 0 Å². The third-order valence-corrected chi connectivity index (χ3v) is 3.75. The number of hydrogen-bond donors (Lipinski definition) is 1. The number of benzene rings is 1. The van der Waals surface area contributed by atoms with Crippen LogP contribution in [-0.4, -0.2) is 27.8 Å². The van der Waals surface area contributed by atoms with Gasteiger partial charge < -0.3 is 9.72 Å². The topological polar surface area (TPSA) is 59.9 Å². The summed E-state index contributed by atoms with van der Waals surface area (Å²) < 4.78 is 6.79. The van der Waals surface area contributed by atoms with Crippen LogP contribution in [0.4, 0.5) is 0 Å². The van der Waals surface area contributed by atoms with Gasteiger partial charge in [-0.3, -0.25) is 4.68 Å². The third kappa shape index (κ3) is 2.77. The molecule has 3 aromatic rings. The molecule has 0 bridgehead atoms. The highest BCUT2D eigenvalue weighted by Gasteiger charge is 2.21. The molecule has 0 aliphatic heterocycles. The summed E-state index contributed by atoms with van der Waals surface area (Å²) >= 11 is 0. The monoisotopic (exact) mass is 309 g/mol. The minimum atomic E-state index is -0.390. The lowest BCUT2D eigenvalue weighted by atomic mass is 10.00. The summed E-state index contributed by atoms with van der Waals surface area (Å²) in [4.78, 5) is 15.1. The van der Waals surface area contributed by atoms with Crippen molar-refractivity contribution in [3.63, 3.8) is 0 Å². The Kier molecular flexibility index (Phi) is 4.02. The average Bonchev–Trinajstić information content (AvgIpc) is 3.21. The second-order valence-electron chi connectivity index (χ2n) is 5.58. The van der Waals surface area contributed by atoms with Gasteiger partial charge in [0.15, 0.2) is 0 Å². The Morgan fingerprint density at radius 3 is 2.57 bits per heavy atom. The molecule has 0 atom stereocenters. The van der Waals surface area contributed by atoms with E-state index in [-0.39, 0.29) is 6.04 Å². The number of carbonyl (C=O) groups is 1. The van der Waals surface area contributed by atoms with E-state index in [9.17, 15) is 4.79 Å². The molecule has 0 saturated heterocycles. The van der Waals surface area contributed by atoms with Crippen LogP contribution in [0.1, 0.15) is 30.4 Å². The van der Waals surface area contributed by atoms with Crippen molar-refractivity contribution in [3.8, 4) is 22.4 Å². The van der Waals surface area contributed by atoms with Crippen LogP contribution in [-0.2, 0) is 4.74 Å². The number of nitrogens with zero attached hydrogens (tertiary/aromatic N) is 2. The van der Waals surface area contributed by atoms with Crippen molar-refractivity contribution in [2.24, 2.45) is 0 Å². The van der Waals surface area contributed by atoms with E-state index in [0.29, 0.717) is 5.69 Å². The Morgan fingerprint density at radius 1 is 1.22 bits per heavy atom. The molecule has 0 unspecified atom stereocenters. The lowest BCUT2D eigenvalue weighted by Gasteiger charge is -2.06. The molecule has 3 rings (SSSR count). The molecular weight excluding hydrogens is 290 g/mol. The number of aromatic nitrogens is 3. The van der Waals surface area contributed by atoms with Crippen LogP contribution in [0, 0.1) is 0 Å². The maximum Gasteiger partial charge on any atom is 0.355 e. The molecule has 0 saturated carbocycles. The number of H-pyrrole nitrogens is 1. The van der Waals surface area contributed by atoms with Crippen LogP contribution in [0.25, 0.3) is 22.4 Å². The van der Waals surface area contributed by atoms with E-state index in [1.165, 1.54) is 7.11 Å². The van der Waals surface area contributed by atoms with Gasteiger partial charge in [0, 0.05) is 29.6 Å². The second kappa shape index (κ2) is 6.12. The van der Waals surface area contributed by atoms with Crippen molar-refractivity contribution in [2.45, 2.75) is 19.9 Å². The van der Waals surface area contributed by atoms with Gasteiger partial charge in [-0.05, 0) is 25.5 Å². The van der Waals surface area contributed by atoms with E-state index in [1.807, 2.05) is 53.5 Å². The Bertz CT molecular complexity index is 816. The summed E-state index contributed by atoms with van der Waals surface area (Å²) in [6, 6.07) is 12.0. The first-order valence-corrected chi connectivity index (χ1v) is 7.52. The SMILES string of the molecule is COC(=O)c1[nH]cc(-c2ccn(C(C)C)n2)c1-c1ccccc1. The molecule has 5 nitrogen and oxygen atoms in total. The van der Waals surface area contributed by atoms with Crippen LogP contribution < -0.4 is 0 Å². The molecule has 0 amide bonds. The van der Waals surface area contributed by atoms with Crippen molar-refractivity contribution in [3.05, 3.63) is 54.5 Å². The molecule has 23 heavy (non-hydrogen) atoms. The Morgan fingerprint density at radius 2 is 1.96 bits per heavy atom. The number of ether oxygens (including phenoxy) is 1. The molecule has 0 fully saturated rings. The van der Waals surface area contributed by atoms with E-state index in [4.69, 9.17) is 4.74 Å². The summed E-state index contributed by atoms with van der Waals surface area (Å²) in [7, 11) is 1.38. The van der Waals surface area contributed by atoms with Gasteiger partial charge in [-0.2, -0.15) is 5.10 Å². The Balaban J connectivity index is 2.17. The molecule has 2 heterocycles. The van der Waals surface area contributed by atoms with Crippen molar-refractivity contribution >= 4 is 5.97 Å². The zero-order valence-electron chi connectivity index (χ0n) is 13.4. The first-order valence-electron chi connectivity index (χ1n) is 7.52. The van der Waals surface area contributed by atoms with Crippen LogP contribution >= 0.6 is 0 Å². The fourth-order valence-electron chi connectivity index (χ4n) is 2.56. The van der Waals surface area contributed by atoms with Gasteiger partial charge in [0.1, 0.15) is 5.69 Å². The fraction of sp³-hybridized carbons (Fsp3) is 0.222. The van der Waals surface area contributed by atoms with Crippen LogP contribution in [0.2, 0.25) is 0 Å². The number of nitrogens with one attached hydrogen (secondary N) is 1. The zero-order valence-corrected chi connectivity index (χ0v) is 13.4. The van der Waals surface area contributed by atoms with Gasteiger partial charge in [0.05, 0.1) is 12.8 Å². The van der Waals surface area contributed by atoms with Crippen LogP contribution in [0.3, 0.4) is 0 Å². The van der Waals surface area contributed by atoms with Crippen molar-refractivity contribution in [1.29, 1.82) is 0 Å². The highest BCUT2D eigenvalue weighted by molar-refractivity contribution is 6.00. The fourth-order valence-corrected chi connectivity index (χ4v) is 2.56. The Labute approximate surface area is 134 Å². The van der Waals surface area contributed by atoms with Gasteiger partial charge in [0.2, 0.25) is 0 Å². The quantitative estimate of drug-likeness (QED) is 0.743. The van der Waals surface area contributed by atoms with Gasteiger partial charge in [0.25, 0.3) is 0 Å². The minimum absolute atomic E-state index is 0.281. The maximum atomic E-state index is 12.1. The lowest BCUT2D eigenvalue weighted by molar-refractivity contribution is 0.0596. The lowest BCUT2D eigenvalue weighted by Crippen LogP contribution is -2.03. The summed E-state index contributed by atoms with van der Waals surface area (Å²) in [6.07, 6.45) is 3.75. The first-order chi connectivity index (χ1) is 11.1. The first kappa shape index (κ1) is 15.1. The predicted octanol–water partition coefficient (Wildman–Crippen LogP) is 3.91. The van der Waals surface area contributed by atoms with Gasteiger partial charge >= 0.3 is 5.97 Å². The normalized spacial score (nSPS) is 11.0. The third-order valence-electron chi connectivity index (χ3n) is 3.75. The molecule has 2 aromatic heterocycles. The van der Waals surface area contributed by atoms with Crippen molar-refractivity contribution < 1.29 is 9.53 Å². The molecule has 1 aromatic carbocycles. The molecule has 1 N–H and O–H groups in total.